The molecular weight excluding hydrogens is 374 g/mol. The monoisotopic (exact) mass is 399 g/mol. The molecule has 28 heavy (non-hydrogen) atoms. The van der Waals surface area contributed by atoms with Gasteiger partial charge in [-0.25, -0.2) is 9.59 Å². The highest BCUT2D eigenvalue weighted by Gasteiger charge is 2.16. The van der Waals surface area contributed by atoms with Crippen LogP contribution in [0.15, 0.2) is 18.2 Å². The summed E-state index contributed by atoms with van der Waals surface area (Å²) in [5.74, 6) is -2.66. The largest absolute Gasteiger partial charge is 0.493 e. The molecule has 1 aliphatic heterocycles. The van der Waals surface area contributed by atoms with Crippen molar-refractivity contribution in [2.75, 3.05) is 46.6 Å². The number of aliphatic hydroxyl groups is 1. The molecule has 1 aliphatic rings. The molecule has 1 fully saturated rings. The summed E-state index contributed by atoms with van der Waals surface area (Å²) in [6.45, 7) is 5.29. The molecule has 156 valence electrons. The van der Waals surface area contributed by atoms with Gasteiger partial charge in [0.25, 0.3) is 0 Å². The summed E-state index contributed by atoms with van der Waals surface area (Å²) in [6.07, 6.45) is -0.588. The molecule has 0 radical (unpaired) electrons. The van der Waals surface area contributed by atoms with Crippen molar-refractivity contribution in [3.05, 3.63) is 23.8 Å². The highest BCUT2D eigenvalue weighted by atomic mass is 16.5. The van der Waals surface area contributed by atoms with Gasteiger partial charge >= 0.3 is 11.9 Å². The van der Waals surface area contributed by atoms with Crippen LogP contribution < -0.4 is 9.47 Å². The number of aliphatic carboxylic acids is 2. The summed E-state index contributed by atoms with van der Waals surface area (Å²) in [7, 11) is 1.52. The molecule has 0 saturated carbocycles. The lowest BCUT2D eigenvalue weighted by Gasteiger charge is -2.28. The first-order chi connectivity index (χ1) is 13.2. The standard InChI is InChI=1S/C16H23NO5.C2H2O4/c1-12(18)13-3-4-15(16(9-13)20-2)22-11-14(19)10-17-5-7-21-8-6-17;3-1(4)2(5)6/h3-4,9,14,19H,5-8,10-11H2,1-2H3;(H,3,4)(H,5,6). The number of β-amino-alcohol motifs (C(OH)–C–C–N with tert-alkyl or cyclic N) is 1. The second-order valence-electron chi connectivity index (χ2n) is 5.91. The number of carbonyl (C=O) groups excluding carboxylic acids is 1. The molecule has 1 aromatic rings. The molecule has 1 atom stereocenters. The summed E-state index contributed by atoms with van der Waals surface area (Å²) < 4.78 is 16.1. The van der Waals surface area contributed by atoms with Crippen LogP contribution in [0.2, 0.25) is 0 Å². The lowest BCUT2D eigenvalue weighted by atomic mass is 10.1. The van der Waals surface area contributed by atoms with Gasteiger partial charge in [-0.05, 0) is 25.1 Å². The summed E-state index contributed by atoms with van der Waals surface area (Å²) in [5, 5.41) is 24.8. The predicted octanol–water partition coefficient (Wildman–Crippen LogP) is 0.125. The average Bonchev–Trinajstić information content (AvgIpc) is 2.67. The van der Waals surface area contributed by atoms with E-state index in [1.165, 1.54) is 14.0 Å². The molecule has 10 heteroatoms. The smallest absolute Gasteiger partial charge is 0.414 e. The number of benzene rings is 1. The molecule has 1 heterocycles. The Morgan fingerprint density at radius 1 is 1.14 bits per heavy atom. The van der Waals surface area contributed by atoms with E-state index in [0.29, 0.717) is 36.8 Å². The average molecular weight is 399 g/mol. The van der Waals surface area contributed by atoms with Crippen LogP contribution in [0.1, 0.15) is 17.3 Å². The zero-order chi connectivity index (χ0) is 21.1. The van der Waals surface area contributed by atoms with Gasteiger partial charge in [0.2, 0.25) is 0 Å². The maximum atomic E-state index is 11.4. The maximum absolute atomic E-state index is 11.4. The van der Waals surface area contributed by atoms with E-state index in [-0.39, 0.29) is 12.4 Å². The number of carboxylic acid groups (broad SMARTS) is 2. The number of methoxy groups -OCH3 is 1. The van der Waals surface area contributed by atoms with Crippen molar-refractivity contribution in [3.8, 4) is 11.5 Å². The van der Waals surface area contributed by atoms with Crippen molar-refractivity contribution < 1.29 is 43.9 Å². The van der Waals surface area contributed by atoms with Gasteiger partial charge in [-0.3, -0.25) is 9.69 Å². The quantitative estimate of drug-likeness (QED) is 0.427. The minimum absolute atomic E-state index is 0.0304. The maximum Gasteiger partial charge on any atom is 0.414 e. The Morgan fingerprint density at radius 3 is 2.25 bits per heavy atom. The zero-order valence-electron chi connectivity index (χ0n) is 15.8. The SMILES string of the molecule is COc1cc(C(C)=O)ccc1OCC(O)CN1CCOCC1.O=C(O)C(=O)O. The van der Waals surface area contributed by atoms with Gasteiger partial charge < -0.3 is 29.5 Å². The van der Waals surface area contributed by atoms with Crippen LogP contribution in [-0.4, -0.2) is 90.6 Å². The highest BCUT2D eigenvalue weighted by molar-refractivity contribution is 6.27. The first kappa shape index (κ1) is 23.3. The van der Waals surface area contributed by atoms with E-state index in [2.05, 4.69) is 4.90 Å². The first-order valence-electron chi connectivity index (χ1n) is 8.50. The third kappa shape index (κ3) is 8.33. The summed E-state index contributed by atoms with van der Waals surface area (Å²) in [4.78, 5) is 31.7. The van der Waals surface area contributed by atoms with E-state index in [1.54, 1.807) is 18.2 Å². The number of carbonyl (C=O) groups is 3. The number of hydrogen-bond acceptors (Lipinski definition) is 8. The topological polar surface area (TPSA) is 143 Å². The third-order valence-electron chi connectivity index (χ3n) is 3.76. The third-order valence-corrected chi connectivity index (χ3v) is 3.76. The fraction of sp³-hybridized carbons (Fsp3) is 0.500. The fourth-order valence-electron chi connectivity index (χ4n) is 2.33. The van der Waals surface area contributed by atoms with Crippen molar-refractivity contribution >= 4 is 17.7 Å². The Labute approximate surface area is 162 Å². The Hall–Kier alpha value is -2.69. The van der Waals surface area contributed by atoms with E-state index in [0.717, 1.165) is 13.1 Å². The Kier molecular flexibility index (Phi) is 9.93. The molecule has 10 nitrogen and oxygen atoms in total. The van der Waals surface area contributed by atoms with Gasteiger partial charge in [0.05, 0.1) is 20.3 Å². The number of carboxylic acids is 2. The predicted molar refractivity (Wildman–Crippen MR) is 97.0 cm³/mol. The van der Waals surface area contributed by atoms with E-state index >= 15 is 0 Å². The van der Waals surface area contributed by atoms with Crippen molar-refractivity contribution in [1.29, 1.82) is 0 Å². The van der Waals surface area contributed by atoms with E-state index in [9.17, 15) is 9.90 Å². The molecule has 1 unspecified atom stereocenters. The highest BCUT2D eigenvalue weighted by Crippen LogP contribution is 2.28. The van der Waals surface area contributed by atoms with E-state index in [4.69, 9.17) is 34.0 Å². The Balaban J connectivity index is 0.000000568. The van der Waals surface area contributed by atoms with Crippen LogP contribution in [0, 0.1) is 0 Å². The number of ether oxygens (including phenoxy) is 3. The number of rotatable bonds is 7. The van der Waals surface area contributed by atoms with E-state index in [1.807, 2.05) is 0 Å². The number of Topliss-reactive ketones (excluding diaryl/α,β-unsaturated/α-hetero) is 1. The van der Waals surface area contributed by atoms with Crippen molar-refractivity contribution in [2.45, 2.75) is 13.0 Å². The molecule has 2 rings (SSSR count). The number of morpholine rings is 1. The Bertz CT molecular complexity index is 659. The molecule has 1 saturated heterocycles. The van der Waals surface area contributed by atoms with Crippen molar-refractivity contribution in [1.82, 2.24) is 4.90 Å². The van der Waals surface area contributed by atoms with Crippen LogP contribution in [0.25, 0.3) is 0 Å². The lowest BCUT2D eigenvalue weighted by molar-refractivity contribution is -0.159. The van der Waals surface area contributed by atoms with Gasteiger partial charge in [-0.1, -0.05) is 0 Å². The van der Waals surface area contributed by atoms with Gasteiger partial charge in [0, 0.05) is 25.2 Å². The molecule has 0 amide bonds. The summed E-state index contributed by atoms with van der Waals surface area (Å²) in [5.41, 5.74) is 0.568. The summed E-state index contributed by atoms with van der Waals surface area (Å²) >= 11 is 0. The van der Waals surface area contributed by atoms with Crippen LogP contribution in [-0.2, 0) is 14.3 Å². The molecule has 0 aromatic heterocycles. The van der Waals surface area contributed by atoms with Crippen LogP contribution in [0.4, 0.5) is 0 Å². The van der Waals surface area contributed by atoms with Gasteiger partial charge in [-0.15, -0.1) is 0 Å². The minimum atomic E-state index is -1.82. The number of aliphatic hydroxyl groups excluding tert-OH is 1. The van der Waals surface area contributed by atoms with Gasteiger partial charge in [-0.2, -0.15) is 0 Å². The molecular formula is C18H25NO9. The lowest BCUT2D eigenvalue weighted by Crippen LogP contribution is -2.42. The normalized spacial score (nSPS) is 15.0. The van der Waals surface area contributed by atoms with Gasteiger partial charge in [0.15, 0.2) is 17.3 Å². The molecule has 0 aliphatic carbocycles. The Morgan fingerprint density at radius 2 is 1.75 bits per heavy atom. The van der Waals surface area contributed by atoms with Gasteiger partial charge in [0.1, 0.15) is 12.7 Å². The second-order valence-corrected chi connectivity index (χ2v) is 5.91. The first-order valence-corrected chi connectivity index (χ1v) is 8.50. The molecule has 0 bridgehead atoms. The fourth-order valence-corrected chi connectivity index (χ4v) is 2.33. The summed E-state index contributed by atoms with van der Waals surface area (Å²) in [6, 6.07) is 5.03. The number of ketones is 1. The molecule has 0 spiro atoms. The molecule has 1 aromatic carbocycles. The minimum Gasteiger partial charge on any atom is -0.493 e. The molecule has 3 N–H and O–H groups in total. The number of hydrogen-bond donors (Lipinski definition) is 3. The van der Waals surface area contributed by atoms with E-state index < -0.39 is 18.0 Å². The van der Waals surface area contributed by atoms with Crippen LogP contribution in [0.3, 0.4) is 0 Å². The zero-order valence-corrected chi connectivity index (χ0v) is 15.8. The van der Waals surface area contributed by atoms with Crippen molar-refractivity contribution in [3.63, 3.8) is 0 Å². The second kappa shape index (κ2) is 11.9. The number of nitrogens with zero attached hydrogens (tertiary/aromatic N) is 1. The van der Waals surface area contributed by atoms with Crippen LogP contribution in [0.5, 0.6) is 11.5 Å². The van der Waals surface area contributed by atoms with Crippen molar-refractivity contribution in [2.24, 2.45) is 0 Å². The van der Waals surface area contributed by atoms with Crippen LogP contribution >= 0.6 is 0 Å².